The Balaban J connectivity index is 2.44. The summed E-state index contributed by atoms with van der Waals surface area (Å²) in [5, 5.41) is 0. The van der Waals surface area contributed by atoms with E-state index in [4.69, 9.17) is 17.0 Å². The maximum atomic E-state index is 12.9. The molecule has 0 saturated carbocycles. The first-order chi connectivity index (χ1) is 8.97. The molecule has 0 saturated heterocycles. The zero-order chi connectivity index (χ0) is 14.0. The first kappa shape index (κ1) is 13.9. The van der Waals surface area contributed by atoms with Crippen molar-refractivity contribution in [3.8, 4) is 10.4 Å². The molecule has 3 nitrogen and oxygen atoms in total. The molecule has 2 aromatic rings. The first-order valence-corrected chi connectivity index (χ1v) is 6.90. The highest BCUT2D eigenvalue weighted by molar-refractivity contribution is 7.73. The smallest absolute Gasteiger partial charge is 0.356 e. The van der Waals surface area contributed by atoms with Crippen molar-refractivity contribution in [1.29, 1.82) is 0 Å². The Labute approximate surface area is 119 Å². The number of hydrogen-bond donors (Lipinski definition) is 1. The minimum atomic E-state index is -0.457. The molecule has 0 amide bonds. The minimum absolute atomic E-state index is 0.213. The fourth-order valence-corrected chi connectivity index (χ4v) is 2.73. The zero-order valence-corrected chi connectivity index (χ0v) is 12.0. The molecular formula is C13H12FNO2S2. The van der Waals surface area contributed by atoms with Gasteiger partial charge in [0.2, 0.25) is 0 Å². The fraction of sp³-hybridized carbons (Fsp3) is 0.231. The van der Waals surface area contributed by atoms with E-state index < -0.39 is 5.97 Å². The van der Waals surface area contributed by atoms with Crippen LogP contribution in [-0.2, 0) is 4.74 Å². The number of H-pyrrole nitrogens is 1. The van der Waals surface area contributed by atoms with Crippen LogP contribution in [-0.4, -0.2) is 17.1 Å². The van der Waals surface area contributed by atoms with E-state index in [1.54, 1.807) is 26.0 Å². The molecule has 0 bridgehead atoms. The van der Waals surface area contributed by atoms with Crippen molar-refractivity contribution < 1.29 is 13.9 Å². The lowest BCUT2D eigenvalue weighted by molar-refractivity contribution is 0.0372. The van der Waals surface area contributed by atoms with Crippen LogP contribution < -0.4 is 0 Å². The van der Waals surface area contributed by atoms with Gasteiger partial charge < -0.3 is 9.72 Å². The number of aromatic amines is 1. The predicted molar refractivity (Wildman–Crippen MR) is 75.4 cm³/mol. The van der Waals surface area contributed by atoms with Crippen LogP contribution in [0.4, 0.5) is 4.39 Å². The van der Waals surface area contributed by atoms with E-state index >= 15 is 0 Å². The molecule has 1 aromatic carbocycles. The minimum Gasteiger partial charge on any atom is -0.458 e. The number of esters is 1. The number of benzene rings is 1. The quantitative estimate of drug-likeness (QED) is 0.682. The van der Waals surface area contributed by atoms with Crippen LogP contribution in [0.25, 0.3) is 10.4 Å². The van der Waals surface area contributed by atoms with E-state index in [9.17, 15) is 9.18 Å². The van der Waals surface area contributed by atoms with E-state index in [0.717, 1.165) is 5.56 Å². The Kier molecular flexibility index (Phi) is 4.11. The maximum Gasteiger partial charge on any atom is 0.356 e. The molecule has 1 aromatic heterocycles. The summed E-state index contributed by atoms with van der Waals surface area (Å²) >= 11 is 6.32. The van der Waals surface area contributed by atoms with E-state index in [1.165, 1.54) is 23.5 Å². The number of carbonyl (C=O) groups excluding carboxylic acids is 1. The van der Waals surface area contributed by atoms with E-state index in [0.29, 0.717) is 14.5 Å². The summed E-state index contributed by atoms with van der Waals surface area (Å²) in [5.74, 6) is -0.782. The molecule has 0 aliphatic carbocycles. The number of hydrogen-bond acceptors (Lipinski definition) is 4. The van der Waals surface area contributed by atoms with E-state index in [-0.39, 0.29) is 11.9 Å². The number of carbonyl (C=O) groups is 1. The van der Waals surface area contributed by atoms with Crippen molar-refractivity contribution in [2.24, 2.45) is 0 Å². The highest BCUT2D eigenvalue weighted by atomic mass is 32.1. The molecule has 0 radical (unpaired) electrons. The number of nitrogens with one attached hydrogen (secondary N) is 1. The monoisotopic (exact) mass is 297 g/mol. The van der Waals surface area contributed by atoms with Gasteiger partial charge in [-0.15, -0.1) is 11.3 Å². The molecule has 0 aliphatic heterocycles. The summed E-state index contributed by atoms with van der Waals surface area (Å²) in [5.41, 5.74) is 1.05. The first-order valence-electron chi connectivity index (χ1n) is 5.67. The van der Waals surface area contributed by atoms with Crippen molar-refractivity contribution >= 4 is 29.5 Å². The third kappa shape index (κ3) is 3.27. The van der Waals surface area contributed by atoms with Gasteiger partial charge in [0.15, 0.2) is 3.95 Å². The molecule has 1 N–H and O–H groups in total. The van der Waals surface area contributed by atoms with Gasteiger partial charge in [-0.3, -0.25) is 0 Å². The average Bonchev–Trinajstić information content (AvgIpc) is 2.71. The predicted octanol–water partition coefficient (Wildman–Crippen LogP) is 4.18. The number of ether oxygens (including phenoxy) is 1. The molecule has 0 fully saturated rings. The Morgan fingerprint density at radius 3 is 2.58 bits per heavy atom. The molecule has 2 rings (SSSR count). The third-order valence-corrected chi connectivity index (χ3v) is 3.59. The summed E-state index contributed by atoms with van der Waals surface area (Å²) in [6, 6.07) is 5.90. The highest BCUT2D eigenvalue weighted by Crippen LogP contribution is 2.29. The van der Waals surface area contributed by atoms with E-state index in [2.05, 4.69) is 4.98 Å². The van der Waals surface area contributed by atoms with Crippen LogP contribution in [0.5, 0.6) is 0 Å². The Hall–Kier alpha value is -1.53. The van der Waals surface area contributed by atoms with Crippen molar-refractivity contribution in [3.05, 3.63) is 39.7 Å². The largest absolute Gasteiger partial charge is 0.458 e. The van der Waals surface area contributed by atoms with Gasteiger partial charge >= 0.3 is 5.97 Å². The lowest BCUT2D eigenvalue weighted by atomic mass is 10.1. The van der Waals surface area contributed by atoms with Crippen molar-refractivity contribution in [3.63, 3.8) is 0 Å². The molecule has 1 heterocycles. The third-order valence-electron chi connectivity index (χ3n) is 2.30. The SMILES string of the molecule is CC(C)OC(=O)c1[nH]c(=S)sc1-c1ccc(F)cc1. The molecule has 0 atom stereocenters. The van der Waals surface area contributed by atoms with Gasteiger partial charge in [-0.2, -0.15) is 0 Å². The summed E-state index contributed by atoms with van der Waals surface area (Å²) in [6.45, 7) is 3.55. The van der Waals surface area contributed by atoms with Gasteiger partial charge in [0, 0.05) is 0 Å². The Bertz CT molecular complexity index is 643. The normalized spacial score (nSPS) is 10.7. The molecule has 0 unspecified atom stereocenters. The average molecular weight is 297 g/mol. The highest BCUT2D eigenvalue weighted by Gasteiger charge is 2.18. The second kappa shape index (κ2) is 5.63. The fourth-order valence-electron chi connectivity index (χ4n) is 1.55. The topological polar surface area (TPSA) is 42.1 Å². The molecule has 6 heteroatoms. The summed E-state index contributed by atoms with van der Waals surface area (Å²) in [4.78, 5) is 15.5. The van der Waals surface area contributed by atoms with Crippen molar-refractivity contribution in [1.82, 2.24) is 4.98 Å². The number of halogens is 1. The van der Waals surface area contributed by atoms with Crippen molar-refractivity contribution in [2.75, 3.05) is 0 Å². The summed E-state index contributed by atoms with van der Waals surface area (Å²) < 4.78 is 18.6. The second-order valence-corrected chi connectivity index (χ2v) is 5.87. The molecule has 19 heavy (non-hydrogen) atoms. The van der Waals surface area contributed by atoms with Crippen molar-refractivity contribution in [2.45, 2.75) is 20.0 Å². The second-order valence-electron chi connectivity index (χ2n) is 4.18. The van der Waals surface area contributed by atoms with Gasteiger partial charge in [-0.1, -0.05) is 12.1 Å². The lowest BCUT2D eigenvalue weighted by Gasteiger charge is -2.08. The zero-order valence-electron chi connectivity index (χ0n) is 10.4. The number of rotatable bonds is 3. The lowest BCUT2D eigenvalue weighted by Crippen LogP contribution is -2.12. The summed E-state index contributed by atoms with van der Waals surface area (Å²) in [6.07, 6.45) is -0.213. The molecular weight excluding hydrogens is 285 g/mol. The summed E-state index contributed by atoms with van der Waals surface area (Å²) in [7, 11) is 0. The molecule has 100 valence electrons. The van der Waals surface area contributed by atoms with Crippen LogP contribution in [0.15, 0.2) is 24.3 Å². The Morgan fingerprint density at radius 1 is 1.37 bits per heavy atom. The Morgan fingerprint density at radius 2 is 2.00 bits per heavy atom. The maximum absolute atomic E-state index is 12.9. The van der Waals surface area contributed by atoms with Crippen LogP contribution in [0.1, 0.15) is 24.3 Å². The van der Waals surface area contributed by atoms with Crippen LogP contribution in [0, 0.1) is 9.77 Å². The molecule has 0 aliphatic rings. The standard InChI is InChI=1S/C13H12FNO2S2/c1-7(2)17-12(16)10-11(19-13(18)15-10)8-3-5-9(14)6-4-8/h3-7H,1-2H3,(H,15,18). The van der Waals surface area contributed by atoms with Crippen LogP contribution in [0.2, 0.25) is 0 Å². The molecule has 0 spiro atoms. The number of thiazole rings is 1. The van der Waals surface area contributed by atoms with Crippen LogP contribution in [0.3, 0.4) is 0 Å². The van der Waals surface area contributed by atoms with Gasteiger partial charge in [0.25, 0.3) is 0 Å². The van der Waals surface area contributed by atoms with Gasteiger partial charge in [-0.25, -0.2) is 9.18 Å². The van der Waals surface area contributed by atoms with Gasteiger partial charge in [0.05, 0.1) is 11.0 Å². The van der Waals surface area contributed by atoms with Gasteiger partial charge in [0.1, 0.15) is 11.5 Å². The number of aromatic nitrogens is 1. The van der Waals surface area contributed by atoms with Gasteiger partial charge in [-0.05, 0) is 43.8 Å². The van der Waals surface area contributed by atoms with E-state index in [1.807, 2.05) is 0 Å². The van der Waals surface area contributed by atoms with Crippen LogP contribution >= 0.6 is 23.6 Å².